The first-order valence-corrected chi connectivity index (χ1v) is 9.10. The molecule has 0 unspecified atom stereocenters. The van der Waals surface area contributed by atoms with Crippen LogP contribution in [0.2, 0.25) is 0 Å². The lowest BCUT2D eigenvalue weighted by molar-refractivity contribution is -0.116. The van der Waals surface area contributed by atoms with Gasteiger partial charge in [0.05, 0.1) is 13.2 Å². The number of nitrogens with zero attached hydrogens (tertiary/aromatic N) is 1. The van der Waals surface area contributed by atoms with Crippen LogP contribution in [0.5, 0.6) is 0 Å². The Hall–Kier alpha value is -1.95. The molecule has 1 fully saturated rings. The van der Waals surface area contributed by atoms with Gasteiger partial charge in [-0.3, -0.25) is 9.69 Å². The monoisotopic (exact) mass is 342 g/mol. The van der Waals surface area contributed by atoms with E-state index in [1.54, 1.807) is 17.4 Å². The third-order valence-corrected chi connectivity index (χ3v) is 4.88. The van der Waals surface area contributed by atoms with Crippen molar-refractivity contribution >= 4 is 22.8 Å². The van der Waals surface area contributed by atoms with E-state index in [0.29, 0.717) is 6.54 Å². The first-order chi connectivity index (χ1) is 11.8. The third-order valence-electron chi connectivity index (χ3n) is 3.98. The van der Waals surface area contributed by atoms with E-state index in [1.807, 2.05) is 47.8 Å². The summed E-state index contributed by atoms with van der Waals surface area (Å²) in [6.07, 6.45) is 1.71. The molecule has 0 aliphatic carbocycles. The van der Waals surface area contributed by atoms with Gasteiger partial charge in [-0.1, -0.05) is 36.4 Å². The molecule has 1 aromatic heterocycles. The topological polar surface area (TPSA) is 41.6 Å². The smallest absolute Gasteiger partial charge is 0.244 e. The molecule has 126 valence electrons. The fourth-order valence-electron chi connectivity index (χ4n) is 2.69. The molecule has 0 radical (unpaired) electrons. The lowest BCUT2D eigenvalue weighted by Gasteiger charge is -2.26. The molecule has 5 heteroatoms. The van der Waals surface area contributed by atoms with Crippen molar-refractivity contribution in [3.05, 3.63) is 64.4 Å². The van der Waals surface area contributed by atoms with E-state index >= 15 is 0 Å². The number of hydrogen-bond acceptors (Lipinski definition) is 4. The summed E-state index contributed by atoms with van der Waals surface area (Å²) in [5.74, 6) is -0.0458. The molecule has 1 N–H and O–H groups in total. The number of amides is 1. The van der Waals surface area contributed by atoms with Gasteiger partial charge in [0.1, 0.15) is 0 Å². The molecule has 0 bridgehead atoms. The van der Waals surface area contributed by atoms with Gasteiger partial charge in [-0.05, 0) is 17.0 Å². The van der Waals surface area contributed by atoms with E-state index in [0.717, 1.165) is 48.9 Å². The van der Waals surface area contributed by atoms with Gasteiger partial charge in [-0.25, -0.2) is 0 Å². The number of carbonyl (C=O) groups is 1. The maximum atomic E-state index is 12.3. The van der Waals surface area contributed by atoms with Crippen LogP contribution in [0.25, 0.3) is 5.57 Å². The maximum Gasteiger partial charge on any atom is 0.244 e. The number of benzene rings is 1. The Labute approximate surface area is 146 Å². The van der Waals surface area contributed by atoms with Gasteiger partial charge in [0.2, 0.25) is 5.91 Å². The Morgan fingerprint density at radius 3 is 2.67 bits per heavy atom. The quantitative estimate of drug-likeness (QED) is 0.821. The van der Waals surface area contributed by atoms with Crippen molar-refractivity contribution in [2.75, 3.05) is 39.4 Å². The summed E-state index contributed by atoms with van der Waals surface area (Å²) < 4.78 is 5.33. The van der Waals surface area contributed by atoms with Crippen LogP contribution in [0.4, 0.5) is 0 Å². The zero-order valence-corrected chi connectivity index (χ0v) is 14.4. The van der Waals surface area contributed by atoms with Crippen molar-refractivity contribution in [3.8, 4) is 0 Å². The van der Waals surface area contributed by atoms with Crippen LogP contribution in [0.15, 0.2) is 53.9 Å². The van der Waals surface area contributed by atoms with E-state index in [9.17, 15) is 4.79 Å². The maximum absolute atomic E-state index is 12.3. The first kappa shape index (κ1) is 16.9. The Kier molecular flexibility index (Phi) is 6.18. The fraction of sp³-hybridized carbons (Fsp3) is 0.316. The molecule has 1 saturated heterocycles. The van der Waals surface area contributed by atoms with Crippen LogP contribution in [0.1, 0.15) is 10.4 Å². The molecule has 0 spiro atoms. The molecule has 4 nitrogen and oxygen atoms in total. The van der Waals surface area contributed by atoms with Crippen molar-refractivity contribution < 1.29 is 9.53 Å². The number of thiophene rings is 1. The second-order valence-electron chi connectivity index (χ2n) is 5.65. The molecular weight excluding hydrogens is 320 g/mol. The van der Waals surface area contributed by atoms with Crippen LogP contribution in [0, 0.1) is 0 Å². The summed E-state index contributed by atoms with van der Waals surface area (Å²) in [5.41, 5.74) is 2.03. The van der Waals surface area contributed by atoms with Crippen LogP contribution >= 0.6 is 11.3 Å². The predicted octanol–water partition coefficient (Wildman–Crippen LogP) is 2.63. The molecule has 1 aliphatic rings. The standard InChI is InChI=1S/C19H22N2O2S/c22-19(20-8-9-21-10-12-23-13-11-21)15-17(18-7-4-14-24-18)16-5-2-1-3-6-16/h1-7,14-15H,8-13H2,(H,20,22)/b17-15-. The average Bonchev–Trinajstić information content (AvgIpc) is 3.16. The number of carbonyl (C=O) groups excluding carboxylic acids is 1. The fourth-order valence-corrected chi connectivity index (χ4v) is 3.45. The van der Waals surface area contributed by atoms with Gasteiger partial charge in [0, 0.05) is 42.7 Å². The third kappa shape index (κ3) is 4.77. The zero-order chi connectivity index (χ0) is 16.6. The summed E-state index contributed by atoms with van der Waals surface area (Å²) in [7, 11) is 0. The zero-order valence-electron chi connectivity index (χ0n) is 13.6. The highest BCUT2D eigenvalue weighted by atomic mass is 32.1. The van der Waals surface area contributed by atoms with E-state index in [-0.39, 0.29) is 5.91 Å². The molecule has 2 aromatic rings. The van der Waals surface area contributed by atoms with Crippen LogP contribution in [-0.2, 0) is 9.53 Å². The molecular formula is C19H22N2O2S. The van der Waals surface area contributed by atoms with Gasteiger partial charge in [0.15, 0.2) is 0 Å². The van der Waals surface area contributed by atoms with Crippen molar-refractivity contribution in [1.82, 2.24) is 10.2 Å². The van der Waals surface area contributed by atoms with Gasteiger partial charge in [-0.2, -0.15) is 0 Å². The highest BCUT2D eigenvalue weighted by Crippen LogP contribution is 2.26. The van der Waals surface area contributed by atoms with Gasteiger partial charge in [-0.15, -0.1) is 11.3 Å². The van der Waals surface area contributed by atoms with Crippen molar-refractivity contribution in [1.29, 1.82) is 0 Å². The minimum absolute atomic E-state index is 0.0458. The lowest BCUT2D eigenvalue weighted by Crippen LogP contribution is -2.41. The second-order valence-corrected chi connectivity index (χ2v) is 6.59. The number of ether oxygens (including phenoxy) is 1. The van der Waals surface area contributed by atoms with Crippen LogP contribution in [0.3, 0.4) is 0 Å². The SMILES string of the molecule is O=C(/C=C(/c1ccccc1)c1cccs1)NCCN1CCOCC1. The summed E-state index contributed by atoms with van der Waals surface area (Å²) in [6.45, 7) is 4.96. The van der Waals surface area contributed by atoms with Crippen molar-refractivity contribution in [3.63, 3.8) is 0 Å². The summed E-state index contributed by atoms with van der Waals surface area (Å²) >= 11 is 1.64. The number of morpholine rings is 1. The minimum Gasteiger partial charge on any atom is -0.379 e. The van der Waals surface area contributed by atoms with Crippen molar-refractivity contribution in [2.45, 2.75) is 0 Å². The Balaban J connectivity index is 1.63. The van der Waals surface area contributed by atoms with Crippen LogP contribution < -0.4 is 5.32 Å². The second kappa shape index (κ2) is 8.78. The summed E-state index contributed by atoms with van der Waals surface area (Å²) in [6, 6.07) is 14.1. The Bertz CT molecular complexity index is 662. The molecule has 24 heavy (non-hydrogen) atoms. The highest BCUT2D eigenvalue weighted by Gasteiger charge is 2.11. The lowest BCUT2D eigenvalue weighted by atomic mass is 10.0. The number of hydrogen-bond donors (Lipinski definition) is 1. The highest BCUT2D eigenvalue weighted by molar-refractivity contribution is 7.11. The molecule has 0 atom stereocenters. The van der Waals surface area contributed by atoms with E-state index < -0.39 is 0 Å². The molecule has 2 heterocycles. The van der Waals surface area contributed by atoms with Gasteiger partial charge < -0.3 is 10.1 Å². The number of nitrogens with one attached hydrogen (secondary N) is 1. The summed E-state index contributed by atoms with van der Waals surface area (Å²) in [4.78, 5) is 15.7. The Morgan fingerprint density at radius 1 is 1.17 bits per heavy atom. The molecule has 1 aromatic carbocycles. The normalized spacial score (nSPS) is 16.1. The van der Waals surface area contributed by atoms with Gasteiger partial charge >= 0.3 is 0 Å². The Morgan fingerprint density at radius 2 is 1.96 bits per heavy atom. The van der Waals surface area contributed by atoms with E-state index in [1.165, 1.54) is 0 Å². The average molecular weight is 342 g/mol. The number of rotatable bonds is 6. The van der Waals surface area contributed by atoms with Gasteiger partial charge in [0.25, 0.3) is 0 Å². The molecule has 0 saturated carbocycles. The first-order valence-electron chi connectivity index (χ1n) is 8.22. The largest absolute Gasteiger partial charge is 0.379 e. The van der Waals surface area contributed by atoms with Crippen LogP contribution in [-0.4, -0.2) is 50.2 Å². The molecule has 3 rings (SSSR count). The van der Waals surface area contributed by atoms with Crippen molar-refractivity contribution in [2.24, 2.45) is 0 Å². The molecule has 1 aliphatic heterocycles. The minimum atomic E-state index is -0.0458. The summed E-state index contributed by atoms with van der Waals surface area (Å²) in [5, 5.41) is 5.03. The molecule has 1 amide bonds. The van der Waals surface area contributed by atoms with E-state index in [4.69, 9.17) is 4.74 Å². The van der Waals surface area contributed by atoms with E-state index in [2.05, 4.69) is 10.2 Å². The predicted molar refractivity (Wildman–Crippen MR) is 98.1 cm³/mol.